The molecule has 1 aromatic heterocycles. The Morgan fingerprint density at radius 3 is 2.44 bits per heavy atom. The molecule has 3 aromatic rings. The molecule has 0 unspecified atom stereocenters. The minimum atomic E-state index is 0. The van der Waals surface area contributed by atoms with Gasteiger partial charge < -0.3 is 38.4 Å². The number of hydrogen-bond acceptors (Lipinski definition) is 5. The highest BCUT2D eigenvalue weighted by Gasteiger charge is 2.21. The molecule has 0 spiro atoms. The Hall–Kier alpha value is -1.97. The van der Waals surface area contributed by atoms with E-state index in [9.17, 15) is 0 Å². The van der Waals surface area contributed by atoms with Crippen molar-refractivity contribution in [2.45, 2.75) is 18.7 Å². The van der Waals surface area contributed by atoms with Crippen molar-refractivity contribution in [3.05, 3.63) is 70.7 Å². The molecule has 0 fully saturated rings. The van der Waals surface area contributed by atoms with Crippen molar-refractivity contribution in [1.29, 1.82) is 0 Å². The highest BCUT2D eigenvalue weighted by Crippen LogP contribution is 2.46. The third-order valence-corrected chi connectivity index (χ3v) is 7.33. The zero-order valence-electron chi connectivity index (χ0n) is 18.7. The molecule has 0 aliphatic carbocycles. The van der Waals surface area contributed by atoms with Crippen molar-refractivity contribution in [3.63, 3.8) is 0 Å². The molecule has 4 nitrogen and oxygen atoms in total. The van der Waals surface area contributed by atoms with Gasteiger partial charge in [0.1, 0.15) is 23.2 Å². The molecule has 1 aliphatic rings. The molecule has 0 amide bonds. The highest BCUT2D eigenvalue weighted by atomic mass is 127. The molecule has 4 rings (SSSR count). The molecule has 32 heavy (non-hydrogen) atoms. The lowest BCUT2D eigenvalue weighted by molar-refractivity contribution is -0.642. The fourth-order valence-electron chi connectivity index (χ4n) is 3.45. The monoisotopic (exact) mass is 578 g/mol. The average molecular weight is 579 g/mol. The Morgan fingerprint density at radius 1 is 0.969 bits per heavy atom. The van der Waals surface area contributed by atoms with Crippen LogP contribution >= 0.6 is 23.1 Å². The molecule has 0 atom stereocenters. The van der Waals surface area contributed by atoms with E-state index in [1.165, 1.54) is 30.8 Å². The summed E-state index contributed by atoms with van der Waals surface area (Å²) in [4.78, 5) is 3.44. The first-order chi connectivity index (χ1) is 15.1. The van der Waals surface area contributed by atoms with E-state index < -0.39 is 0 Å². The number of thioether (sulfide) groups is 1. The van der Waals surface area contributed by atoms with Crippen LogP contribution in [-0.4, -0.2) is 20.3 Å². The van der Waals surface area contributed by atoms with Crippen LogP contribution < -0.4 is 42.9 Å². The van der Waals surface area contributed by atoms with E-state index in [0.29, 0.717) is 13.2 Å². The van der Waals surface area contributed by atoms with Gasteiger partial charge in [0.25, 0.3) is 5.01 Å². The van der Waals surface area contributed by atoms with Gasteiger partial charge in [-0.3, -0.25) is 0 Å². The van der Waals surface area contributed by atoms with E-state index in [4.69, 9.17) is 9.47 Å². The number of aryl methyl sites for hydroxylation is 1. The highest BCUT2D eigenvalue weighted by molar-refractivity contribution is 8.03. The zero-order valence-corrected chi connectivity index (χ0v) is 22.5. The summed E-state index contributed by atoms with van der Waals surface area (Å²) in [6, 6.07) is 12.5. The van der Waals surface area contributed by atoms with Gasteiger partial charge in [-0.15, -0.1) is 0 Å². The van der Waals surface area contributed by atoms with Crippen molar-refractivity contribution >= 4 is 45.1 Å². The molecule has 7 heteroatoms. The Labute approximate surface area is 215 Å². The molecule has 168 valence electrons. The molecule has 0 radical (unpaired) electrons. The van der Waals surface area contributed by atoms with E-state index >= 15 is 0 Å². The van der Waals surface area contributed by atoms with Crippen molar-refractivity contribution in [2.75, 3.05) is 25.2 Å². The standard InChI is InChI=1S/C25H27N2O2S2.HI/c1-5-28-18-12-14-20-22(16-18)30-24(26(20)3)10-8-7-9-11-25-27(4)21-15-13-19(29-6-2)17-23(21)31-25;/h7-17H,5-6H2,1-4H3;1H/q+1;/p-1. The third-order valence-electron chi connectivity index (χ3n) is 5.00. The summed E-state index contributed by atoms with van der Waals surface area (Å²) >= 11 is 3.53. The molecule has 2 heterocycles. The molecule has 1 aliphatic heterocycles. The molecule has 0 saturated carbocycles. The predicted molar refractivity (Wildman–Crippen MR) is 132 cm³/mol. The van der Waals surface area contributed by atoms with Gasteiger partial charge in [0.15, 0.2) is 0 Å². The van der Waals surface area contributed by atoms with Crippen LogP contribution in [0.2, 0.25) is 0 Å². The molecular weight excluding hydrogens is 551 g/mol. The van der Waals surface area contributed by atoms with Gasteiger partial charge in [0, 0.05) is 30.2 Å². The molecule has 0 saturated heterocycles. The van der Waals surface area contributed by atoms with E-state index in [1.54, 1.807) is 23.1 Å². The predicted octanol–water partition coefficient (Wildman–Crippen LogP) is 3.18. The summed E-state index contributed by atoms with van der Waals surface area (Å²) in [7, 11) is 4.20. The van der Waals surface area contributed by atoms with Gasteiger partial charge in [-0.05, 0) is 44.2 Å². The number of allylic oxidation sites excluding steroid dienone is 4. The summed E-state index contributed by atoms with van der Waals surface area (Å²) in [5.74, 6) is 1.85. The van der Waals surface area contributed by atoms with Crippen molar-refractivity contribution in [2.24, 2.45) is 7.05 Å². The van der Waals surface area contributed by atoms with Crippen LogP contribution in [0.25, 0.3) is 16.3 Å². The molecular formula is C25H27IN2O2S2. The summed E-state index contributed by atoms with van der Waals surface area (Å²) in [6.45, 7) is 5.38. The second-order valence-electron chi connectivity index (χ2n) is 7.03. The van der Waals surface area contributed by atoms with Crippen molar-refractivity contribution in [3.8, 4) is 11.5 Å². The second-order valence-corrected chi connectivity index (χ2v) is 9.16. The Bertz CT molecular complexity index is 1180. The Kier molecular flexibility index (Phi) is 8.67. The average Bonchev–Trinajstić information content (AvgIpc) is 3.24. The van der Waals surface area contributed by atoms with Gasteiger partial charge >= 0.3 is 0 Å². The lowest BCUT2D eigenvalue weighted by atomic mass is 10.3. The van der Waals surface area contributed by atoms with Gasteiger partial charge in [-0.25, -0.2) is 0 Å². The van der Waals surface area contributed by atoms with Crippen LogP contribution in [0.5, 0.6) is 11.5 Å². The van der Waals surface area contributed by atoms with Gasteiger partial charge in [0.05, 0.1) is 23.9 Å². The minimum Gasteiger partial charge on any atom is -1.00 e. The summed E-state index contributed by atoms with van der Waals surface area (Å²) in [5.41, 5.74) is 2.43. The number of nitrogens with zero attached hydrogens (tertiary/aromatic N) is 2. The summed E-state index contributed by atoms with van der Waals surface area (Å²) in [6.07, 6.45) is 10.5. The molecule has 0 bridgehead atoms. The van der Waals surface area contributed by atoms with E-state index in [0.717, 1.165) is 11.5 Å². The largest absolute Gasteiger partial charge is 1.00 e. The molecule has 2 aromatic carbocycles. The zero-order chi connectivity index (χ0) is 21.8. The number of halogens is 1. The lowest BCUT2D eigenvalue weighted by Gasteiger charge is -2.13. The number of fused-ring (bicyclic) bond motifs is 2. The first-order valence-electron chi connectivity index (χ1n) is 10.4. The van der Waals surface area contributed by atoms with Crippen molar-refractivity contribution < 1.29 is 38.0 Å². The van der Waals surface area contributed by atoms with Crippen LogP contribution in [0, 0.1) is 0 Å². The maximum Gasteiger partial charge on any atom is 0.262 e. The second kappa shape index (κ2) is 11.2. The fraction of sp³-hybridized carbons (Fsp3) is 0.240. The topological polar surface area (TPSA) is 25.6 Å². The summed E-state index contributed by atoms with van der Waals surface area (Å²) < 4.78 is 14.7. The Morgan fingerprint density at radius 2 is 1.69 bits per heavy atom. The normalized spacial score (nSPS) is 14.5. The minimum absolute atomic E-state index is 0. The number of thiazole rings is 1. The van der Waals surface area contributed by atoms with Gasteiger partial charge in [-0.2, -0.15) is 4.57 Å². The van der Waals surface area contributed by atoms with Gasteiger partial charge in [0.2, 0.25) is 5.52 Å². The number of anilines is 1. The quantitative estimate of drug-likeness (QED) is 0.245. The smallest absolute Gasteiger partial charge is 0.262 e. The van der Waals surface area contributed by atoms with Crippen LogP contribution in [0.3, 0.4) is 0 Å². The van der Waals surface area contributed by atoms with E-state index in [2.05, 4.69) is 78.2 Å². The Balaban J connectivity index is 0.00000289. The van der Waals surface area contributed by atoms with E-state index in [1.807, 2.05) is 26.0 Å². The lowest BCUT2D eigenvalue weighted by Crippen LogP contribution is -3.00. The number of ether oxygens (including phenoxy) is 2. The number of hydrogen-bond donors (Lipinski definition) is 0. The first kappa shape index (κ1) is 24.7. The number of aromatic nitrogens is 1. The number of rotatable bonds is 7. The maximum absolute atomic E-state index is 5.62. The van der Waals surface area contributed by atoms with Gasteiger partial charge in [-0.1, -0.05) is 41.3 Å². The number of benzene rings is 2. The maximum atomic E-state index is 5.62. The van der Waals surface area contributed by atoms with E-state index in [-0.39, 0.29) is 24.0 Å². The SMILES string of the molecule is CCOc1ccc2c(c1)SC(=CC=CC=Cc1sc3cc(OCC)ccc3[n+]1C)N2C.[I-]. The van der Waals surface area contributed by atoms with Crippen molar-refractivity contribution in [1.82, 2.24) is 0 Å². The van der Waals surface area contributed by atoms with Crippen LogP contribution in [-0.2, 0) is 7.05 Å². The van der Waals surface area contributed by atoms with Crippen LogP contribution in [0.1, 0.15) is 18.9 Å². The third kappa shape index (κ3) is 5.32. The first-order valence-corrected chi connectivity index (χ1v) is 12.0. The molecule has 0 N–H and O–H groups in total. The van der Waals surface area contributed by atoms with Crippen LogP contribution in [0.15, 0.2) is 70.6 Å². The summed E-state index contributed by atoms with van der Waals surface area (Å²) in [5, 5.41) is 2.40. The fourth-order valence-corrected chi connectivity index (χ4v) is 5.63. The van der Waals surface area contributed by atoms with Crippen LogP contribution in [0.4, 0.5) is 5.69 Å².